The van der Waals surface area contributed by atoms with Crippen molar-refractivity contribution in [2.24, 2.45) is 5.73 Å². The van der Waals surface area contributed by atoms with Crippen molar-refractivity contribution in [1.82, 2.24) is 4.98 Å². The summed E-state index contributed by atoms with van der Waals surface area (Å²) < 4.78 is 34.6. The summed E-state index contributed by atoms with van der Waals surface area (Å²) in [5, 5.41) is 9.71. The number of nitrogens with two attached hydrogens (primary N) is 1. The van der Waals surface area contributed by atoms with Gasteiger partial charge in [-0.3, -0.25) is 4.98 Å². The SMILES string of the molecule is CCOc1c(C(C)OC(N)=O)cc(Cl)c(C#N)c1-c1cncc(S(C)(=O)=O)c1. The van der Waals surface area contributed by atoms with E-state index in [0.717, 1.165) is 6.26 Å². The van der Waals surface area contributed by atoms with Crippen LogP contribution in [0.15, 0.2) is 29.4 Å². The van der Waals surface area contributed by atoms with E-state index in [9.17, 15) is 18.5 Å². The van der Waals surface area contributed by atoms with Crippen molar-refractivity contribution in [3.05, 3.63) is 40.7 Å². The van der Waals surface area contributed by atoms with Gasteiger partial charge in [0.2, 0.25) is 0 Å². The predicted molar refractivity (Wildman–Crippen MR) is 103 cm³/mol. The number of benzene rings is 1. The van der Waals surface area contributed by atoms with Crippen LogP contribution in [0.4, 0.5) is 4.79 Å². The molecule has 0 fully saturated rings. The molecular weight excluding hydrogens is 406 g/mol. The third kappa shape index (κ3) is 4.52. The number of nitriles is 1. The van der Waals surface area contributed by atoms with Crippen molar-refractivity contribution < 1.29 is 22.7 Å². The highest BCUT2D eigenvalue weighted by Crippen LogP contribution is 2.43. The van der Waals surface area contributed by atoms with Crippen LogP contribution in [0.2, 0.25) is 5.02 Å². The quantitative estimate of drug-likeness (QED) is 0.753. The van der Waals surface area contributed by atoms with E-state index in [0.29, 0.717) is 11.1 Å². The number of aromatic nitrogens is 1. The third-order valence-corrected chi connectivity index (χ3v) is 5.20. The number of rotatable bonds is 6. The van der Waals surface area contributed by atoms with Crippen molar-refractivity contribution >= 4 is 27.5 Å². The minimum atomic E-state index is -3.54. The molecule has 1 atom stereocenters. The molecule has 28 heavy (non-hydrogen) atoms. The summed E-state index contributed by atoms with van der Waals surface area (Å²) in [6, 6.07) is 4.83. The predicted octanol–water partition coefficient (Wildman–Crippen LogP) is 3.23. The number of hydrogen-bond acceptors (Lipinski definition) is 7. The third-order valence-electron chi connectivity index (χ3n) is 3.82. The maximum atomic E-state index is 11.9. The number of hydrogen-bond donors (Lipinski definition) is 1. The molecule has 0 bridgehead atoms. The smallest absolute Gasteiger partial charge is 0.405 e. The largest absolute Gasteiger partial charge is 0.493 e. The maximum Gasteiger partial charge on any atom is 0.405 e. The number of carbonyl (C=O) groups excluding carboxylic acids is 1. The lowest BCUT2D eigenvalue weighted by Gasteiger charge is -2.21. The molecule has 2 aromatic rings. The van der Waals surface area contributed by atoms with Crippen molar-refractivity contribution in [2.45, 2.75) is 24.8 Å². The summed E-state index contributed by atoms with van der Waals surface area (Å²) in [6.07, 6.45) is 1.84. The van der Waals surface area contributed by atoms with E-state index in [-0.39, 0.29) is 33.4 Å². The molecule has 1 amide bonds. The molecule has 0 saturated heterocycles. The molecule has 2 N–H and O–H groups in total. The van der Waals surface area contributed by atoms with Gasteiger partial charge in [-0.15, -0.1) is 0 Å². The molecule has 0 aliphatic carbocycles. The van der Waals surface area contributed by atoms with Crippen LogP contribution in [-0.4, -0.2) is 32.4 Å². The summed E-state index contributed by atoms with van der Waals surface area (Å²) in [5.74, 6) is 0.227. The highest BCUT2D eigenvalue weighted by Gasteiger charge is 2.25. The van der Waals surface area contributed by atoms with E-state index in [2.05, 4.69) is 4.98 Å². The number of halogens is 1. The standard InChI is InChI=1S/C18H18ClN3O5S/c1-4-26-17-13(10(2)27-18(21)23)6-15(19)14(7-20)16(17)11-5-12(9-22-8-11)28(3,24)25/h5-6,8-10H,4H2,1-3H3,(H2,21,23). The Morgan fingerprint density at radius 3 is 2.61 bits per heavy atom. The maximum absolute atomic E-state index is 11.9. The van der Waals surface area contributed by atoms with Gasteiger partial charge in [-0.25, -0.2) is 13.2 Å². The van der Waals surface area contributed by atoms with E-state index in [1.165, 1.54) is 24.5 Å². The fraction of sp³-hybridized carbons (Fsp3) is 0.278. The van der Waals surface area contributed by atoms with Crippen LogP contribution in [0, 0.1) is 11.3 Å². The van der Waals surface area contributed by atoms with Crippen LogP contribution in [-0.2, 0) is 14.6 Å². The second kappa shape index (κ2) is 8.46. The number of pyridine rings is 1. The van der Waals surface area contributed by atoms with Crippen LogP contribution < -0.4 is 10.5 Å². The van der Waals surface area contributed by atoms with Crippen molar-refractivity contribution in [1.29, 1.82) is 5.26 Å². The second-order valence-corrected chi connectivity index (χ2v) is 8.26. The molecule has 10 heteroatoms. The molecule has 0 radical (unpaired) electrons. The van der Waals surface area contributed by atoms with Gasteiger partial charge in [0, 0.05) is 35.3 Å². The van der Waals surface area contributed by atoms with Gasteiger partial charge in [0.05, 0.1) is 22.1 Å². The fourth-order valence-electron chi connectivity index (χ4n) is 2.63. The van der Waals surface area contributed by atoms with E-state index in [1.54, 1.807) is 13.8 Å². The minimum absolute atomic E-state index is 0.0284. The highest BCUT2D eigenvalue weighted by molar-refractivity contribution is 7.90. The molecule has 1 aromatic heterocycles. The van der Waals surface area contributed by atoms with Gasteiger partial charge in [0.1, 0.15) is 17.9 Å². The topological polar surface area (TPSA) is 132 Å². The van der Waals surface area contributed by atoms with E-state index < -0.39 is 22.0 Å². The zero-order chi connectivity index (χ0) is 21.1. The van der Waals surface area contributed by atoms with Crippen LogP contribution >= 0.6 is 11.6 Å². The number of sulfone groups is 1. The van der Waals surface area contributed by atoms with Gasteiger partial charge in [-0.1, -0.05) is 11.6 Å². The summed E-state index contributed by atoms with van der Waals surface area (Å²) >= 11 is 6.28. The number of amides is 1. The summed E-state index contributed by atoms with van der Waals surface area (Å²) in [4.78, 5) is 15.1. The lowest BCUT2D eigenvalue weighted by Crippen LogP contribution is -2.16. The average molecular weight is 424 g/mol. The lowest BCUT2D eigenvalue weighted by atomic mass is 9.95. The van der Waals surface area contributed by atoms with Crippen molar-refractivity contribution in [3.63, 3.8) is 0 Å². The molecule has 0 spiro atoms. The van der Waals surface area contributed by atoms with Crippen LogP contribution in [0.1, 0.15) is 31.1 Å². The van der Waals surface area contributed by atoms with Gasteiger partial charge < -0.3 is 15.2 Å². The fourth-order valence-corrected chi connectivity index (χ4v) is 3.48. The van der Waals surface area contributed by atoms with Gasteiger partial charge in [0.25, 0.3) is 0 Å². The summed E-state index contributed by atoms with van der Waals surface area (Å²) in [6.45, 7) is 3.54. The lowest BCUT2D eigenvalue weighted by molar-refractivity contribution is 0.114. The van der Waals surface area contributed by atoms with E-state index in [1.807, 2.05) is 6.07 Å². The number of ether oxygens (including phenoxy) is 2. The van der Waals surface area contributed by atoms with E-state index in [4.69, 9.17) is 26.8 Å². The monoisotopic (exact) mass is 423 g/mol. The summed E-state index contributed by atoms with van der Waals surface area (Å²) in [5.41, 5.74) is 6.13. The Balaban J connectivity index is 2.87. The van der Waals surface area contributed by atoms with Crippen molar-refractivity contribution in [3.8, 4) is 22.9 Å². The molecular formula is C18H18ClN3O5S. The molecule has 1 unspecified atom stereocenters. The Labute approximate surface area is 167 Å². The Kier molecular flexibility index (Phi) is 6.48. The Morgan fingerprint density at radius 2 is 2.07 bits per heavy atom. The molecule has 2 rings (SSSR count). The normalized spacial score (nSPS) is 12.1. The Hall–Kier alpha value is -2.83. The van der Waals surface area contributed by atoms with Gasteiger partial charge in [0.15, 0.2) is 9.84 Å². The van der Waals surface area contributed by atoms with Crippen molar-refractivity contribution in [2.75, 3.05) is 12.9 Å². The van der Waals surface area contributed by atoms with Gasteiger partial charge in [-0.2, -0.15) is 5.26 Å². The van der Waals surface area contributed by atoms with Crippen LogP contribution in [0.5, 0.6) is 5.75 Å². The molecule has 0 aliphatic rings. The Bertz CT molecular complexity index is 1060. The first kappa shape index (κ1) is 21.5. The van der Waals surface area contributed by atoms with Crippen LogP contribution in [0.3, 0.4) is 0 Å². The first-order valence-electron chi connectivity index (χ1n) is 8.11. The average Bonchev–Trinajstić information content (AvgIpc) is 2.61. The second-order valence-electron chi connectivity index (χ2n) is 5.83. The van der Waals surface area contributed by atoms with Gasteiger partial charge >= 0.3 is 6.09 Å². The van der Waals surface area contributed by atoms with E-state index >= 15 is 0 Å². The molecule has 8 nitrogen and oxygen atoms in total. The molecule has 148 valence electrons. The first-order chi connectivity index (χ1) is 13.1. The zero-order valence-corrected chi connectivity index (χ0v) is 17.0. The van der Waals surface area contributed by atoms with Crippen LogP contribution in [0.25, 0.3) is 11.1 Å². The highest BCUT2D eigenvalue weighted by atomic mass is 35.5. The number of carbonyl (C=O) groups is 1. The first-order valence-corrected chi connectivity index (χ1v) is 10.4. The molecule has 0 aliphatic heterocycles. The number of nitrogens with zero attached hydrogens (tertiary/aromatic N) is 2. The minimum Gasteiger partial charge on any atom is -0.493 e. The molecule has 1 heterocycles. The number of primary amides is 1. The molecule has 0 saturated carbocycles. The summed E-state index contributed by atoms with van der Waals surface area (Å²) in [7, 11) is -3.54. The Morgan fingerprint density at radius 1 is 1.39 bits per heavy atom. The van der Waals surface area contributed by atoms with Gasteiger partial charge in [-0.05, 0) is 26.0 Å². The molecule has 1 aromatic carbocycles. The zero-order valence-electron chi connectivity index (χ0n) is 15.4.